The highest BCUT2D eigenvalue weighted by atomic mass is 16.1. The molecule has 0 bridgehead atoms. The van der Waals surface area contributed by atoms with Crippen molar-refractivity contribution < 1.29 is 4.79 Å². The van der Waals surface area contributed by atoms with Crippen LogP contribution >= 0.6 is 0 Å². The van der Waals surface area contributed by atoms with Crippen molar-refractivity contribution in [1.82, 2.24) is 5.32 Å². The molecule has 1 fully saturated rings. The fourth-order valence-corrected chi connectivity index (χ4v) is 2.13. The molecule has 0 saturated carbocycles. The first-order valence-corrected chi connectivity index (χ1v) is 5.15. The molecule has 2 heteroatoms. The summed E-state index contributed by atoms with van der Waals surface area (Å²) < 4.78 is 0. The van der Waals surface area contributed by atoms with E-state index in [0.29, 0.717) is 5.92 Å². The number of hydrogen-bond acceptors (Lipinski definition) is 2. The standard InChI is InChI=1S/C12H15NO/c14-9-12-11(7-4-8-13-12)10-5-2-1-3-6-10/h1-3,5-6,9,11-13H,4,7-8H2. The number of carbonyl (C=O) groups is 1. The second-order valence-electron chi connectivity index (χ2n) is 3.78. The lowest BCUT2D eigenvalue weighted by Crippen LogP contribution is -2.41. The van der Waals surface area contributed by atoms with Gasteiger partial charge in [-0.25, -0.2) is 0 Å². The number of rotatable bonds is 2. The van der Waals surface area contributed by atoms with Crippen LogP contribution in [0.15, 0.2) is 30.3 Å². The van der Waals surface area contributed by atoms with Gasteiger partial charge in [-0.05, 0) is 24.9 Å². The number of aldehydes is 1. The predicted molar refractivity (Wildman–Crippen MR) is 56.3 cm³/mol. The van der Waals surface area contributed by atoms with Crippen molar-refractivity contribution in [2.24, 2.45) is 0 Å². The summed E-state index contributed by atoms with van der Waals surface area (Å²) in [6, 6.07) is 10.3. The lowest BCUT2D eigenvalue weighted by atomic mass is 9.85. The maximum atomic E-state index is 10.9. The molecule has 1 N–H and O–H groups in total. The second-order valence-corrected chi connectivity index (χ2v) is 3.78. The van der Waals surface area contributed by atoms with Gasteiger partial charge in [-0.3, -0.25) is 0 Å². The smallest absolute Gasteiger partial charge is 0.137 e. The number of piperidine rings is 1. The van der Waals surface area contributed by atoms with Crippen molar-refractivity contribution in [1.29, 1.82) is 0 Å². The zero-order chi connectivity index (χ0) is 9.80. The molecule has 1 heterocycles. The molecule has 0 radical (unpaired) electrons. The van der Waals surface area contributed by atoms with Crippen LogP contribution in [0.5, 0.6) is 0 Å². The van der Waals surface area contributed by atoms with E-state index in [9.17, 15) is 4.79 Å². The highest BCUT2D eigenvalue weighted by Gasteiger charge is 2.24. The Hall–Kier alpha value is -1.15. The first-order chi connectivity index (χ1) is 6.92. The molecule has 2 unspecified atom stereocenters. The molecule has 1 aromatic rings. The fraction of sp³-hybridized carbons (Fsp3) is 0.417. The minimum atomic E-state index is 0.00569. The molecule has 14 heavy (non-hydrogen) atoms. The Morgan fingerprint density at radius 1 is 1.29 bits per heavy atom. The summed E-state index contributed by atoms with van der Waals surface area (Å²) in [7, 11) is 0. The van der Waals surface area contributed by atoms with Gasteiger partial charge >= 0.3 is 0 Å². The predicted octanol–water partition coefficient (Wildman–Crippen LogP) is 1.72. The molecule has 1 aliphatic rings. The van der Waals surface area contributed by atoms with E-state index >= 15 is 0 Å². The Bertz CT molecular complexity index is 296. The van der Waals surface area contributed by atoms with Crippen LogP contribution in [-0.2, 0) is 4.79 Å². The second kappa shape index (κ2) is 4.38. The molecule has 0 amide bonds. The van der Waals surface area contributed by atoms with Crippen LogP contribution in [0.4, 0.5) is 0 Å². The van der Waals surface area contributed by atoms with Crippen molar-refractivity contribution >= 4 is 6.29 Å². The van der Waals surface area contributed by atoms with Gasteiger partial charge in [-0.15, -0.1) is 0 Å². The Morgan fingerprint density at radius 3 is 2.79 bits per heavy atom. The first kappa shape index (κ1) is 9.41. The van der Waals surface area contributed by atoms with Gasteiger partial charge in [0, 0.05) is 5.92 Å². The third-order valence-corrected chi connectivity index (χ3v) is 2.88. The van der Waals surface area contributed by atoms with Crippen molar-refractivity contribution in [3.63, 3.8) is 0 Å². The summed E-state index contributed by atoms with van der Waals surface area (Å²) in [6.45, 7) is 0.965. The van der Waals surface area contributed by atoms with Crippen molar-refractivity contribution in [3.8, 4) is 0 Å². The Morgan fingerprint density at radius 2 is 2.07 bits per heavy atom. The van der Waals surface area contributed by atoms with Crippen LogP contribution in [0.25, 0.3) is 0 Å². The maximum Gasteiger partial charge on any atom is 0.137 e. The van der Waals surface area contributed by atoms with E-state index in [2.05, 4.69) is 17.4 Å². The van der Waals surface area contributed by atoms with Crippen molar-refractivity contribution in [3.05, 3.63) is 35.9 Å². The van der Waals surface area contributed by atoms with Crippen molar-refractivity contribution in [2.75, 3.05) is 6.54 Å². The molecule has 2 nitrogen and oxygen atoms in total. The monoisotopic (exact) mass is 189 g/mol. The SMILES string of the molecule is O=CC1NCCCC1c1ccccc1. The Labute approximate surface area is 84.3 Å². The van der Waals surface area contributed by atoms with Crippen LogP contribution < -0.4 is 5.32 Å². The van der Waals surface area contributed by atoms with E-state index in [0.717, 1.165) is 25.7 Å². The van der Waals surface area contributed by atoms with Gasteiger partial charge in [0.05, 0.1) is 6.04 Å². The summed E-state index contributed by atoms with van der Waals surface area (Å²) in [6.07, 6.45) is 3.31. The van der Waals surface area contributed by atoms with E-state index < -0.39 is 0 Å². The summed E-state index contributed by atoms with van der Waals surface area (Å²) in [5.74, 6) is 0.363. The van der Waals surface area contributed by atoms with E-state index in [-0.39, 0.29) is 6.04 Å². The number of nitrogens with one attached hydrogen (secondary N) is 1. The average molecular weight is 189 g/mol. The lowest BCUT2D eigenvalue weighted by molar-refractivity contribution is -0.110. The quantitative estimate of drug-likeness (QED) is 0.718. The lowest BCUT2D eigenvalue weighted by Gasteiger charge is -2.29. The third-order valence-electron chi connectivity index (χ3n) is 2.88. The largest absolute Gasteiger partial charge is 0.307 e. The molecule has 0 spiro atoms. The van der Waals surface area contributed by atoms with E-state index in [1.807, 2.05) is 18.2 Å². The van der Waals surface area contributed by atoms with Gasteiger partial charge in [0.15, 0.2) is 0 Å². The maximum absolute atomic E-state index is 10.9. The van der Waals surface area contributed by atoms with Gasteiger partial charge in [0.1, 0.15) is 6.29 Å². The molecule has 0 aromatic heterocycles. The summed E-state index contributed by atoms with van der Waals surface area (Å²) in [5, 5.41) is 3.25. The van der Waals surface area contributed by atoms with Crippen LogP contribution in [0.2, 0.25) is 0 Å². The molecular formula is C12H15NO. The molecule has 1 aromatic carbocycles. The first-order valence-electron chi connectivity index (χ1n) is 5.15. The summed E-state index contributed by atoms with van der Waals surface area (Å²) in [5.41, 5.74) is 1.27. The molecule has 2 rings (SSSR count). The Balaban J connectivity index is 2.19. The Kier molecular flexibility index (Phi) is 2.94. The molecule has 1 aliphatic heterocycles. The minimum Gasteiger partial charge on any atom is -0.307 e. The van der Waals surface area contributed by atoms with Gasteiger partial charge in [0.25, 0.3) is 0 Å². The van der Waals surface area contributed by atoms with Crippen LogP contribution in [-0.4, -0.2) is 18.9 Å². The summed E-state index contributed by atoms with van der Waals surface area (Å²) >= 11 is 0. The topological polar surface area (TPSA) is 29.1 Å². The van der Waals surface area contributed by atoms with Crippen LogP contribution in [0, 0.1) is 0 Å². The molecule has 74 valence electrons. The molecule has 2 atom stereocenters. The third kappa shape index (κ3) is 1.85. The van der Waals surface area contributed by atoms with E-state index in [1.165, 1.54) is 5.56 Å². The molecule has 1 saturated heterocycles. The van der Waals surface area contributed by atoms with Gasteiger partial charge in [-0.1, -0.05) is 30.3 Å². The highest BCUT2D eigenvalue weighted by molar-refractivity contribution is 5.60. The van der Waals surface area contributed by atoms with Gasteiger partial charge in [-0.2, -0.15) is 0 Å². The van der Waals surface area contributed by atoms with Gasteiger partial charge < -0.3 is 10.1 Å². The van der Waals surface area contributed by atoms with E-state index in [4.69, 9.17) is 0 Å². The zero-order valence-corrected chi connectivity index (χ0v) is 8.15. The van der Waals surface area contributed by atoms with Gasteiger partial charge in [0.2, 0.25) is 0 Å². The highest BCUT2D eigenvalue weighted by Crippen LogP contribution is 2.26. The zero-order valence-electron chi connectivity index (χ0n) is 8.15. The fourth-order valence-electron chi connectivity index (χ4n) is 2.13. The van der Waals surface area contributed by atoms with Crippen LogP contribution in [0.1, 0.15) is 24.3 Å². The molecule has 0 aliphatic carbocycles. The normalized spacial score (nSPS) is 27.1. The number of benzene rings is 1. The molecular weight excluding hydrogens is 174 g/mol. The number of carbonyl (C=O) groups excluding carboxylic acids is 1. The van der Waals surface area contributed by atoms with Crippen molar-refractivity contribution in [2.45, 2.75) is 24.8 Å². The summed E-state index contributed by atoms with van der Waals surface area (Å²) in [4.78, 5) is 10.9. The minimum absolute atomic E-state index is 0.00569. The van der Waals surface area contributed by atoms with Crippen LogP contribution in [0.3, 0.4) is 0 Å². The average Bonchev–Trinajstić information content (AvgIpc) is 2.30. The number of hydrogen-bond donors (Lipinski definition) is 1. The van der Waals surface area contributed by atoms with E-state index in [1.54, 1.807) is 0 Å².